The van der Waals surface area contributed by atoms with Crippen LogP contribution in [0.5, 0.6) is 0 Å². The van der Waals surface area contributed by atoms with Crippen molar-refractivity contribution in [1.29, 1.82) is 0 Å². The van der Waals surface area contributed by atoms with Gasteiger partial charge in [-0.3, -0.25) is 4.79 Å². The molecule has 30 heavy (non-hydrogen) atoms. The predicted molar refractivity (Wildman–Crippen MR) is 123 cm³/mol. The van der Waals surface area contributed by atoms with E-state index >= 15 is 0 Å². The van der Waals surface area contributed by atoms with Crippen LogP contribution in [0.3, 0.4) is 0 Å². The maximum absolute atomic E-state index is 13.1. The summed E-state index contributed by atoms with van der Waals surface area (Å²) in [6, 6.07) is 22.6. The van der Waals surface area contributed by atoms with Gasteiger partial charge in [0.05, 0.1) is 0 Å². The van der Waals surface area contributed by atoms with Crippen LogP contribution in [-0.2, 0) is 13.0 Å². The van der Waals surface area contributed by atoms with E-state index in [-0.39, 0.29) is 18.0 Å². The molecular formula is C24H22BrN3O2. The van der Waals surface area contributed by atoms with Crippen LogP contribution in [0.25, 0.3) is 0 Å². The summed E-state index contributed by atoms with van der Waals surface area (Å²) < 4.78 is 0.899. The fraction of sp³-hybridized carbons (Fsp3) is 0.167. The van der Waals surface area contributed by atoms with Gasteiger partial charge in [-0.25, -0.2) is 4.79 Å². The quantitative estimate of drug-likeness (QED) is 0.546. The van der Waals surface area contributed by atoms with Crippen LogP contribution in [-0.4, -0.2) is 18.0 Å². The molecular weight excluding hydrogens is 442 g/mol. The van der Waals surface area contributed by atoms with E-state index < -0.39 is 0 Å². The van der Waals surface area contributed by atoms with E-state index in [0.29, 0.717) is 17.8 Å². The first-order chi connectivity index (χ1) is 14.5. The summed E-state index contributed by atoms with van der Waals surface area (Å²) in [5.41, 5.74) is 4.40. The highest BCUT2D eigenvalue weighted by atomic mass is 79.9. The highest BCUT2D eigenvalue weighted by Gasteiger charge is 2.31. The number of carbonyl (C=O) groups is 2. The fourth-order valence-corrected chi connectivity index (χ4v) is 4.12. The average molecular weight is 464 g/mol. The number of hydrogen-bond acceptors (Lipinski definition) is 2. The number of halogens is 1. The number of carbonyl (C=O) groups excluding carboxylic acids is 2. The van der Waals surface area contributed by atoms with E-state index in [9.17, 15) is 9.59 Å². The van der Waals surface area contributed by atoms with Crippen molar-refractivity contribution in [3.05, 3.63) is 94.0 Å². The Bertz CT molecular complexity index is 1080. The molecule has 0 saturated carbocycles. The standard InChI is InChI=1S/C24H22BrN3O2/c1-16-12-19-11-10-17(15-26-24(30)27-21-9-5-8-20(25)14-21)13-22(19)28(16)23(29)18-6-3-2-4-7-18/h2-11,13-14,16H,12,15H2,1H3,(H2,26,27,30). The van der Waals surface area contributed by atoms with E-state index in [1.54, 1.807) is 0 Å². The highest BCUT2D eigenvalue weighted by molar-refractivity contribution is 9.10. The van der Waals surface area contributed by atoms with Crippen molar-refractivity contribution in [1.82, 2.24) is 5.32 Å². The topological polar surface area (TPSA) is 61.4 Å². The molecule has 6 heteroatoms. The molecule has 0 bridgehead atoms. The van der Waals surface area contributed by atoms with Gasteiger partial charge in [0.15, 0.2) is 0 Å². The molecule has 1 atom stereocenters. The molecule has 0 saturated heterocycles. The zero-order valence-electron chi connectivity index (χ0n) is 16.6. The number of nitrogens with zero attached hydrogens (tertiary/aromatic N) is 1. The Morgan fingerprint density at radius 3 is 2.60 bits per heavy atom. The van der Waals surface area contributed by atoms with Crippen molar-refractivity contribution in [2.24, 2.45) is 0 Å². The van der Waals surface area contributed by atoms with Crippen molar-refractivity contribution in [2.75, 3.05) is 10.2 Å². The summed E-state index contributed by atoms with van der Waals surface area (Å²) in [6.45, 7) is 2.43. The van der Waals surface area contributed by atoms with Gasteiger partial charge in [-0.05, 0) is 60.9 Å². The van der Waals surface area contributed by atoms with Crippen LogP contribution in [0, 0.1) is 0 Å². The molecule has 2 N–H and O–H groups in total. The number of nitrogens with one attached hydrogen (secondary N) is 2. The zero-order valence-corrected chi connectivity index (χ0v) is 18.1. The van der Waals surface area contributed by atoms with Gasteiger partial charge in [0.25, 0.3) is 5.91 Å². The van der Waals surface area contributed by atoms with Crippen LogP contribution in [0.1, 0.15) is 28.4 Å². The minimum Gasteiger partial charge on any atom is -0.334 e. The largest absolute Gasteiger partial charge is 0.334 e. The van der Waals surface area contributed by atoms with Crippen molar-refractivity contribution in [2.45, 2.75) is 25.9 Å². The third kappa shape index (κ3) is 4.39. The van der Waals surface area contributed by atoms with Crippen molar-refractivity contribution in [3.8, 4) is 0 Å². The lowest BCUT2D eigenvalue weighted by atomic mass is 10.1. The average Bonchev–Trinajstić information content (AvgIpc) is 3.07. The van der Waals surface area contributed by atoms with Crippen LogP contribution in [0.4, 0.5) is 16.2 Å². The number of fused-ring (bicyclic) bond motifs is 1. The first-order valence-corrected chi connectivity index (χ1v) is 10.6. The second kappa shape index (κ2) is 8.71. The number of hydrogen-bond donors (Lipinski definition) is 2. The lowest BCUT2D eigenvalue weighted by Crippen LogP contribution is -2.35. The van der Waals surface area contributed by atoms with Crippen molar-refractivity contribution >= 4 is 39.2 Å². The SMILES string of the molecule is CC1Cc2ccc(CNC(=O)Nc3cccc(Br)c3)cc2N1C(=O)c1ccccc1. The van der Waals surface area contributed by atoms with Gasteiger partial charge in [0.2, 0.25) is 0 Å². The molecule has 4 rings (SSSR count). The van der Waals surface area contributed by atoms with Gasteiger partial charge in [-0.15, -0.1) is 0 Å². The Hall–Kier alpha value is -3.12. The summed E-state index contributed by atoms with van der Waals surface area (Å²) in [7, 11) is 0. The van der Waals surface area contributed by atoms with Gasteiger partial charge >= 0.3 is 6.03 Å². The molecule has 3 aromatic rings. The molecule has 152 valence electrons. The molecule has 0 aromatic heterocycles. The Morgan fingerprint density at radius 1 is 1.03 bits per heavy atom. The molecule has 0 radical (unpaired) electrons. The summed E-state index contributed by atoms with van der Waals surface area (Å²) in [5, 5.41) is 5.69. The fourth-order valence-electron chi connectivity index (χ4n) is 3.72. The van der Waals surface area contributed by atoms with Crippen LogP contribution in [0.2, 0.25) is 0 Å². The Balaban J connectivity index is 1.46. The summed E-state index contributed by atoms with van der Waals surface area (Å²) >= 11 is 3.39. The lowest BCUT2D eigenvalue weighted by molar-refractivity contribution is 0.0981. The lowest BCUT2D eigenvalue weighted by Gasteiger charge is -2.23. The van der Waals surface area contributed by atoms with E-state index in [1.165, 1.54) is 0 Å². The summed E-state index contributed by atoms with van der Waals surface area (Å²) in [5.74, 6) is -0.000596. The maximum atomic E-state index is 13.1. The van der Waals surface area contributed by atoms with E-state index in [1.807, 2.05) is 77.7 Å². The third-order valence-electron chi connectivity index (χ3n) is 5.14. The molecule has 0 aliphatic carbocycles. The first kappa shape index (κ1) is 20.2. The second-order valence-electron chi connectivity index (χ2n) is 7.38. The monoisotopic (exact) mass is 463 g/mol. The Kier molecular flexibility index (Phi) is 5.86. The van der Waals surface area contributed by atoms with Crippen LogP contribution >= 0.6 is 15.9 Å². The zero-order chi connectivity index (χ0) is 21.1. The minimum absolute atomic E-state index is 0.000596. The molecule has 0 fully saturated rings. The molecule has 0 spiro atoms. The Morgan fingerprint density at radius 2 is 1.83 bits per heavy atom. The molecule has 5 nitrogen and oxygen atoms in total. The minimum atomic E-state index is -0.279. The normalized spacial score (nSPS) is 14.9. The van der Waals surface area contributed by atoms with Crippen molar-refractivity contribution < 1.29 is 9.59 Å². The van der Waals surface area contributed by atoms with Gasteiger partial charge in [-0.1, -0.05) is 52.3 Å². The first-order valence-electron chi connectivity index (χ1n) is 9.82. The second-order valence-corrected chi connectivity index (χ2v) is 8.29. The molecule has 1 aliphatic heterocycles. The number of anilines is 2. The number of amides is 3. The predicted octanol–water partition coefficient (Wildman–Crippen LogP) is 5.36. The number of urea groups is 1. The van der Waals surface area contributed by atoms with Crippen LogP contribution < -0.4 is 15.5 Å². The van der Waals surface area contributed by atoms with Gasteiger partial charge in [0.1, 0.15) is 0 Å². The highest BCUT2D eigenvalue weighted by Crippen LogP contribution is 2.34. The van der Waals surface area contributed by atoms with E-state index in [4.69, 9.17) is 0 Å². The van der Waals surface area contributed by atoms with Crippen molar-refractivity contribution in [3.63, 3.8) is 0 Å². The van der Waals surface area contributed by atoms with Crippen LogP contribution in [0.15, 0.2) is 77.3 Å². The molecule has 1 aliphatic rings. The summed E-state index contributed by atoms with van der Waals surface area (Å²) in [4.78, 5) is 27.2. The van der Waals surface area contributed by atoms with Gasteiger partial charge in [-0.2, -0.15) is 0 Å². The molecule has 1 unspecified atom stereocenters. The maximum Gasteiger partial charge on any atom is 0.319 e. The molecule has 1 heterocycles. The van der Waals surface area contributed by atoms with Gasteiger partial charge in [0, 0.05) is 34.0 Å². The number of benzene rings is 3. The third-order valence-corrected chi connectivity index (χ3v) is 5.63. The Labute approximate surface area is 184 Å². The van der Waals surface area contributed by atoms with E-state index in [0.717, 1.165) is 27.7 Å². The smallest absolute Gasteiger partial charge is 0.319 e. The molecule has 3 amide bonds. The summed E-state index contributed by atoms with van der Waals surface area (Å²) in [6.07, 6.45) is 0.824. The number of rotatable bonds is 4. The van der Waals surface area contributed by atoms with E-state index in [2.05, 4.69) is 33.5 Å². The van der Waals surface area contributed by atoms with Gasteiger partial charge < -0.3 is 15.5 Å². The molecule has 3 aromatic carbocycles.